The largest absolute Gasteiger partial charge is 0.343 e. The molecule has 11 heteroatoms. The van der Waals surface area contributed by atoms with Gasteiger partial charge in [-0.3, -0.25) is 9.59 Å². The van der Waals surface area contributed by atoms with E-state index in [1.54, 1.807) is 0 Å². The average Bonchev–Trinajstić information content (AvgIpc) is 3.36. The first-order valence-corrected chi connectivity index (χ1v) is 11.2. The molecule has 4 rings (SSSR count). The molecule has 1 aromatic carbocycles. The van der Waals surface area contributed by atoms with E-state index in [0.717, 1.165) is 4.88 Å². The fourth-order valence-corrected chi connectivity index (χ4v) is 5.10. The first-order valence-electron chi connectivity index (χ1n) is 8.51. The van der Waals surface area contributed by atoms with Crippen LogP contribution in [0.2, 0.25) is 0 Å². The van der Waals surface area contributed by atoms with Crippen LogP contribution in [-0.4, -0.2) is 30.0 Å². The summed E-state index contributed by atoms with van der Waals surface area (Å²) in [6, 6.07) is 8.98. The molecule has 1 aliphatic heterocycles. The van der Waals surface area contributed by atoms with E-state index in [-0.39, 0.29) is 23.9 Å². The van der Waals surface area contributed by atoms with Crippen LogP contribution in [0.3, 0.4) is 0 Å². The molecule has 0 radical (unpaired) electrons. The Bertz CT molecular complexity index is 1190. The van der Waals surface area contributed by atoms with Crippen molar-refractivity contribution in [3.05, 3.63) is 63.7 Å². The van der Waals surface area contributed by atoms with Gasteiger partial charge in [-0.05, 0) is 35.7 Å². The highest BCUT2D eigenvalue weighted by atomic mass is 32.2. The van der Waals surface area contributed by atoms with Crippen LogP contribution in [-0.2, 0) is 37.5 Å². The van der Waals surface area contributed by atoms with Crippen LogP contribution in [0.1, 0.15) is 16.1 Å². The topological polar surface area (TPSA) is 110 Å². The molecule has 0 unspecified atom stereocenters. The predicted molar refractivity (Wildman–Crippen MR) is 105 cm³/mol. The van der Waals surface area contributed by atoms with Crippen LogP contribution in [0.25, 0.3) is 5.69 Å². The molecule has 0 aliphatic carbocycles. The van der Waals surface area contributed by atoms with E-state index >= 15 is 0 Å². The van der Waals surface area contributed by atoms with Gasteiger partial charge in [0.1, 0.15) is 11.6 Å². The van der Waals surface area contributed by atoms with Gasteiger partial charge in [-0.25, -0.2) is 17.5 Å². The number of hydrogen-bond donors (Lipinski definition) is 2. The number of sulfone groups is 1. The number of halogens is 1. The highest BCUT2D eigenvalue weighted by Gasteiger charge is 2.33. The summed E-state index contributed by atoms with van der Waals surface area (Å²) in [5, 5.41) is 11.1. The van der Waals surface area contributed by atoms with Crippen LogP contribution >= 0.6 is 11.3 Å². The Labute approximate surface area is 169 Å². The monoisotopic (exact) mass is 434 g/mol. The molecule has 3 aromatic rings. The maximum absolute atomic E-state index is 13.3. The molecule has 2 amide bonds. The molecule has 0 saturated heterocycles. The van der Waals surface area contributed by atoms with Crippen molar-refractivity contribution < 1.29 is 22.4 Å². The van der Waals surface area contributed by atoms with Crippen molar-refractivity contribution in [2.75, 3.05) is 5.32 Å². The summed E-state index contributed by atoms with van der Waals surface area (Å²) < 4.78 is 38.5. The van der Waals surface area contributed by atoms with Gasteiger partial charge in [0.25, 0.3) is 0 Å². The number of hydrogen-bond acceptors (Lipinski definition) is 6. The number of fused-ring (bicyclic) bond motifs is 1. The molecule has 0 spiro atoms. The van der Waals surface area contributed by atoms with E-state index < -0.39 is 27.5 Å². The number of anilines is 1. The number of nitrogens with zero attached hydrogens (tertiary/aromatic N) is 2. The highest BCUT2D eigenvalue weighted by Crippen LogP contribution is 2.32. The molecule has 8 nitrogen and oxygen atoms in total. The Hall–Kier alpha value is -3.05. The van der Waals surface area contributed by atoms with Gasteiger partial charge in [0.05, 0.1) is 29.4 Å². The normalized spacial score (nSPS) is 14.4. The lowest BCUT2D eigenvalue weighted by Gasteiger charge is -2.11. The molecule has 2 aromatic heterocycles. The number of benzene rings is 1. The molecule has 0 bridgehead atoms. The maximum Gasteiger partial charge on any atom is 0.314 e. The number of aromatic nitrogens is 2. The summed E-state index contributed by atoms with van der Waals surface area (Å²) in [4.78, 5) is 25.5. The van der Waals surface area contributed by atoms with E-state index in [1.807, 2.05) is 17.5 Å². The van der Waals surface area contributed by atoms with Gasteiger partial charge >= 0.3 is 11.8 Å². The number of thiophene rings is 1. The molecule has 0 fully saturated rings. The Morgan fingerprint density at radius 2 is 1.90 bits per heavy atom. The van der Waals surface area contributed by atoms with Crippen molar-refractivity contribution in [2.24, 2.45) is 0 Å². The van der Waals surface area contributed by atoms with Gasteiger partial charge in [0.2, 0.25) is 0 Å². The van der Waals surface area contributed by atoms with Crippen LogP contribution in [0.4, 0.5) is 10.2 Å². The number of carbonyl (C=O) groups excluding carboxylic acids is 2. The standard InChI is InChI=1S/C18H15FN4O4S2/c19-11-3-5-12(6-4-11)23-16(14-9-29(26,27)10-15(14)22-23)21-18(25)17(24)20-8-13-2-1-7-28-13/h1-7H,8-10H2,(H,20,24)(H,21,25). The third-order valence-corrected chi connectivity index (χ3v) is 6.62. The lowest BCUT2D eigenvalue weighted by molar-refractivity contribution is -0.136. The molecule has 0 saturated carbocycles. The van der Waals surface area contributed by atoms with Crippen LogP contribution < -0.4 is 10.6 Å². The molecular weight excluding hydrogens is 419 g/mol. The fraction of sp³-hybridized carbons (Fsp3) is 0.167. The zero-order valence-corrected chi connectivity index (χ0v) is 16.5. The maximum atomic E-state index is 13.3. The molecule has 3 heterocycles. The average molecular weight is 434 g/mol. The minimum absolute atomic E-state index is 0.0870. The lowest BCUT2D eigenvalue weighted by Crippen LogP contribution is -2.35. The molecule has 29 heavy (non-hydrogen) atoms. The van der Waals surface area contributed by atoms with Crippen LogP contribution in [0.15, 0.2) is 41.8 Å². The Balaban J connectivity index is 1.60. The third-order valence-electron chi connectivity index (χ3n) is 4.30. The summed E-state index contributed by atoms with van der Waals surface area (Å²) in [6.07, 6.45) is 0. The number of rotatable bonds is 4. The zero-order chi connectivity index (χ0) is 20.6. The van der Waals surface area contributed by atoms with E-state index in [4.69, 9.17) is 0 Å². The summed E-state index contributed by atoms with van der Waals surface area (Å²) in [5.74, 6) is -2.73. The first-order chi connectivity index (χ1) is 13.8. The minimum Gasteiger partial charge on any atom is -0.343 e. The third kappa shape index (κ3) is 4.05. The van der Waals surface area contributed by atoms with Gasteiger partial charge in [-0.2, -0.15) is 5.10 Å². The van der Waals surface area contributed by atoms with E-state index in [9.17, 15) is 22.4 Å². The smallest absolute Gasteiger partial charge is 0.314 e. The number of amides is 2. The van der Waals surface area contributed by atoms with E-state index in [1.165, 1.54) is 40.3 Å². The van der Waals surface area contributed by atoms with E-state index in [0.29, 0.717) is 16.9 Å². The van der Waals surface area contributed by atoms with Gasteiger partial charge < -0.3 is 10.6 Å². The second kappa shape index (κ2) is 7.41. The number of nitrogens with one attached hydrogen (secondary N) is 2. The molecular formula is C18H15FN4O4S2. The summed E-state index contributed by atoms with van der Waals surface area (Å²) in [5.41, 5.74) is 1.05. The quantitative estimate of drug-likeness (QED) is 0.608. The fourth-order valence-electron chi connectivity index (χ4n) is 2.97. The zero-order valence-electron chi connectivity index (χ0n) is 14.9. The summed E-state index contributed by atoms with van der Waals surface area (Å²) in [7, 11) is -3.37. The molecule has 1 aliphatic rings. The van der Waals surface area contributed by atoms with E-state index in [2.05, 4.69) is 15.7 Å². The van der Waals surface area contributed by atoms with Crippen LogP contribution in [0, 0.1) is 5.82 Å². The van der Waals surface area contributed by atoms with Gasteiger partial charge in [0.15, 0.2) is 9.84 Å². The van der Waals surface area contributed by atoms with Gasteiger partial charge in [-0.15, -0.1) is 11.3 Å². The molecule has 2 N–H and O–H groups in total. The van der Waals surface area contributed by atoms with Crippen molar-refractivity contribution in [3.8, 4) is 5.69 Å². The van der Waals surface area contributed by atoms with Crippen molar-refractivity contribution in [2.45, 2.75) is 18.1 Å². The summed E-state index contributed by atoms with van der Waals surface area (Å²) >= 11 is 1.44. The highest BCUT2D eigenvalue weighted by molar-refractivity contribution is 7.90. The summed E-state index contributed by atoms with van der Waals surface area (Å²) in [6.45, 7) is 0.202. The minimum atomic E-state index is -3.37. The predicted octanol–water partition coefficient (Wildman–Crippen LogP) is 1.76. The first kappa shape index (κ1) is 19.3. The Morgan fingerprint density at radius 3 is 2.59 bits per heavy atom. The SMILES string of the molecule is O=C(NCc1cccs1)C(=O)Nc1c2c(nn1-c1ccc(F)cc1)CS(=O)(=O)C2. The van der Waals surface area contributed by atoms with Gasteiger partial charge in [-0.1, -0.05) is 6.07 Å². The second-order valence-electron chi connectivity index (χ2n) is 6.41. The van der Waals surface area contributed by atoms with Gasteiger partial charge in [0, 0.05) is 10.4 Å². The van der Waals surface area contributed by atoms with Crippen molar-refractivity contribution in [1.82, 2.24) is 15.1 Å². The second-order valence-corrected chi connectivity index (χ2v) is 9.51. The van der Waals surface area contributed by atoms with Crippen LogP contribution in [0.5, 0.6) is 0 Å². The van der Waals surface area contributed by atoms with Crippen molar-refractivity contribution >= 4 is 38.8 Å². The Morgan fingerprint density at radius 1 is 1.14 bits per heavy atom. The molecule has 0 atom stereocenters. The molecule has 150 valence electrons. The Kier molecular flexibility index (Phi) is 4.92. The number of carbonyl (C=O) groups is 2. The lowest BCUT2D eigenvalue weighted by atomic mass is 10.2. The van der Waals surface area contributed by atoms with Crippen molar-refractivity contribution in [3.63, 3.8) is 0 Å². The van der Waals surface area contributed by atoms with Crippen molar-refractivity contribution in [1.29, 1.82) is 0 Å².